The Morgan fingerprint density at radius 1 is 0.507 bits per heavy atom. The Kier molecular flexibility index (Phi) is 43.6. The maximum Gasteiger partial charge on any atom is 0.220 e. The number of aliphatic hydroxyl groups excluding tert-OH is 5. The monoisotopic (exact) mass is 958 g/mol. The van der Waals surface area contributed by atoms with E-state index in [0.29, 0.717) is 6.42 Å². The molecule has 9 nitrogen and oxygen atoms in total. The number of aliphatic hydroxyl groups is 5. The molecule has 69 heavy (non-hydrogen) atoms. The molecule has 0 aromatic heterocycles. The van der Waals surface area contributed by atoms with Crippen molar-refractivity contribution in [1.82, 2.24) is 5.32 Å². The SMILES string of the molecule is CC/C=C\C/C=C\C/C=C\C/C=C\C/C=C\C/C=C\C/C=C\C/C=C\C/C=C\C/C=C\CCCCC(=O)NC(COC1OC(CO)C(O)C(O)C1O)C(O)/C=C/CC/C=C/CCCCCCCCC. The van der Waals surface area contributed by atoms with Gasteiger partial charge in [-0.25, -0.2) is 0 Å². The van der Waals surface area contributed by atoms with Crippen LogP contribution in [-0.2, 0) is 14.3 Å². The molecule has 9 heteroatoms. The van der Waals surface area contributed by atoms with E-state index in [4.69, 9.17) is 9.47 Å². The molecule has 0 bridgehead atoms. The number of unbranched alkanes of at least 4 members (excludes halogenated alkanes) is 10. The van der Waals surface area contributed by atoms with Crippen LogP contribution >= 0.6 is 0 Å². The molecule has 6 N–H and O–H groups in total. The third-order valence-electron chi connectivity index (χ3n) is 11.4. The van der Waals surface area contributed by atoms with Crippen molar-refractivity contribution in [3.63, 3.8) is 0 Å². The van der Waals surface area contributed by atoms with Gasteiger partial charge in [-0.15, -0.1) is 0 Å². The lowest BCUT2D eigenvalue weighted by Crippen LogP contribution is -2.60. The Balaban J connectivity index is 2.30. The molecule has 1 aliphatic rings. The van der Waals surface area contributed by atoms with Gasteiger partial charge >= 0.3 is 0 Å². The molecule has 0 saturated carbocycles. The number of allylic oxidation sites excluding steroid dienone is 23. The first-order chi connectivity index (χ1) is 33.8. The summed E-state index contributed by atoms with van der Waals surface area (Å²) in [5.74, 6) is -0.238. The summed E-state index contributed by atoms with van der Waals surface area (Å²) in [4.78, 5) is 13.0. The zero-order chi connectivity index (χ0) is 50.1. The van der Waals surface area contributed by atoms with Crippen LogP contribution in [0.3, 0.4) is 0 Å². The summed E-state index contributed by atoms with van der Waals surface area (Å²) < 4.78 is 11.2. The van der Waals surface area contributed by atoms with Crippen LogP contribution in [0.2, 0.25) is 0 Å². The van der Waals surface area contributed by atoms with E-state index in [1.165, 1.54) is 44.9 Å². The van der Waals surface area contributed by atoms with Gasteiger partial charge in [0.25, 0.3) is 0 Å². The van der Waals surface area contributed by atoms with Crippen LogP contribution in [0.25, 0.3) is 0 Å². The zero-order valence-corrected chi connectivity index (χ0v) is 42.7. The maximum absolute atomic E-state index is 13.0. The Bertz CT molecular complexity index is 1580. The average Bonchev–Trinajstić information content (AvgIpc) is 3.35. The highest BCUT2D eigenvalue weighted by molar-refractivity contribution is 5.76. The second kappa shape index (κ2) is 47.7. The van der Waals surface area contributed by atoms with E-state index in [-0.39, 0.29) is 18.9 Å². The normalized spacial score (nSPS) is 20.7. The van der Waals surface area contributed by atoms with Crippen LogP contribution in [-0.4, -0.2) is 87.5 Å². The fourth-order valence-electron chi connectivity index (χ4n) is 7.20. The van der Waals surface area contributed by atoms with Crippen LogP contribution in [0.1, 0.15) is 168 Å². The molecule has 388 valence electrons. The Morgan fingerprint density at radius 3 is 1.39 bits per heavy atom. The van der Waals surface area contributed by atoms with Crippen molar-refractivity contribution in [2.24, 2.45) is 0 Å². The molecule has 1 rings (SSSR count). The average molecular weight is 958 g/mol. The summed E-state index contributed by atoms with van der Waals surface area (Å²) in [5.41, 5.74) is 0. The summed E-state index contributed by atoms with van der Waals surface area (Å²) in [5, 5.41) is 54.2. The number of amides is 1. The van der Waals surface area contributed by atoms with Gasteiger partial charge in [0.05, 0.1) is 25.4 Å². The molecular weight excluding hydrogens is 863 g/mol. The van der Waals surface area contributed by atoms with Crippen molar-refractivity contribution in [2.75, 3.05) is 13.2 Å². The number of rotatable bonds is 42. The number of carbonyl (C=O) groups is 1. The van der Waals surface area contributed by atoms with Gasteiger partial charge in [0, 0.05) is 6.42 Å². The fraction of sp³-hybridized carbons (Fsp3) is 0.583. The van der Waals surface area contributed by atoms with E-state index in [1.807, 2.05) is 6.08 Å². The van der Waals surface area contributed by atoms with E-state index in [9.17, 15) is 30.3 Å². The van der Waals surface area contributed by atoms with Gasteiger partial charge in [0.15, 0.2) is 6.29 Å². The highest BCUT2D eigenvalue weighted by Crippen LogP contribution is 2.22. The minimum atomic E-state index is -1.59. The molecule has 1 aliphatic heterocycles. The molecule has 1 saturated heterocycles. The van der Waals surface area contributed by atoms with Crippen molar-refractivity contribution in [1.29, 1.82) is 0 Å². The van der Waals surface area contributed by atoms with E-state index >= 15 is 0 Å². The molecule has 1 fully saturated rings. The van der Waals surface area contributed by atoms with Crippen LogP contribution in [0, 0.1) is 0 Å². The zero-order valence-electron chi connectivity index (χ0n) is 42.7. The summed E-state index contributed by atoms with van der Waals surface area (Å²) >= 11 is 0. The minimum absolute atomic E-state index is 0.229. The van der Waals surface area contributed by atoms with Crippen molar-refractivity contribution >= 4 is 5.91 Å². The minimum Gasteiger partial charge on any atom is -0.394 e. The topological polar surface area (TPSA) is 149 Å². The summed E-state index contributed by atoms with van der Waals surface area (Å²) in [6, 6.07) is -0.856. The van der Waals surface area contributed by atoms with E-state index in [1.54, 1.807) is 6.08 Å². The van der Waals surface area contributed by atoms with Crippen LogP contribution < -0.4 is 5.32 Å². The van der Waals surface area contributed by atoms with E-state index in [2.05, 4.69) is 153 Å². The third-order valence-corrected chi connectivity index (χ3v) is 11.4. The summed E-state index contributed by atoms with van der Waals surface area (Å²) in [7, 11) is 0. The number of hydrogen-bond acceptors (Lipinski definition) is 8. The number of hydrogen-bond donors (Lipinski definition) is 6. The van der Waals surface area contributed by atoms with Gasteiger partial charge in [-0.1, -0.05) is 198 Å². The lowest BCUT2D eigenvalue weighted by molar-refractivity contribution is -0.302. The molecule has 0 aliphatic carbocycles. The van der Waals surface area contributed by atoms with Crippen LogP contribution in [0.5, 0.6) is 0 Å². The lowest BCUT2D eigenvalue weighted by atomic mass is 9.99. The largest absolute Gasteiger partial charge is 0.394 e. The van der Waals surface area contributed by atoms with Crippen LogP contribution in [0.4, 0.5) is 0 Å². The number of nitrogens with one attached hydrogen (secondary N) is 1. The molecular formula is C60H95NO8. The first-order valence-electron chi connectivity index (χ1n) is 26.6. The van der Waals surface area contributed by atoms with Crippen molar-refractivity contribution < 1.29 is 39.8 Å². The first kappa shape index (κ1) is 63.1. The quantitative estimate of drug-likeness (QED) is 0.0262. The highest BCUT2D eigenvalue weighted by atomic mass is 16.7. The van der Waals surface area contributed by atoms with Crippen molar-refractivity contribution in [2.45, 2.75) is 211 Å². The van der Waals surface area contributed by atoms with E-state index < -0.39 is 49.5 Å². The second-order valence-corrected chi connectivity index (χ2v) is 17.6. The Labute approximate surface area is 419 Å². The number of carbonyl (C=O) groups excluding carboxylic acids is 1. The van der Waals surface area contributed by atoms with Crippen molar-refractivity contribution in [3.05, 3.63) is 146 Å². The third kappa shape index (κ3) is 37.6. The molecule has 1 amide bonds. The Morgan fingerprint density at radius 2 is 0.913 bits per heavy atom. The predicted molar refractivity (Wildman–Crippen MR) is 289 cm³/mol. The molecule has 7 atom stereocenters. The molecule has 0 aromatic rings. The van der Waals surface area contributed by atoms with Gasteiger partial charge in [0.2, 0.25) is 5.91 Å². The maximum atomic E-state index is 13.0. The van der Waals surface area contributed by atoms with Crippen LogP contribution in [0.15, 0.2) is 146 Å². The highest BCUT2D eigenvalue weighted by Gasteiger charge is 2.44. The number of ether oxygens (including phenoxy) is 2. The van der Waals surface area contributed by atoms with Gasteiger partial charge in [-0.2, -0.15) is 0 Å². The lowest BCUT2D eigenvalue weighted by Gasteiger charge is -2.40. The standard InChI is InChI=1S/C60H95NO8/c1-3-5-7-9-11-13-15-17-18-19-20-21-22-23-24-25-26-27-28-29-30-31-32-33-34-35-36-38-40-42-44-46-48-50-56(64)61-53(52-68-60-59(67)58(66)57(65)55(51-62)69-60)54(63)49-47-45-43-41-39-37-16-14-12-10-8-6-4-2/h5,7,11,13,17-18,20-21,23-24,26-27,29-30,32-33,35-36,39-42,47,49,53-55,57-60,62-63,65-67H,3-4,6,8-10,12,14-16,19,22,25,28,31,34,37-38,43-46,48,50-52H2,1-2H3,(H,61,64)/b7-5-,13-11-,18-17-,21-20-,24-23-,27-26-,30-29-,33-32-,36-35-,41-39+,42-40-,49-47+. The van der Waals surface area contributed by atoms with E-state index in [0.717, 1.165) is 96.3 Å². The van der Waals surface area contributed by atoms with Gasteiger partial charge in [-0.05, 0) is 109 Å². The summed E-state index contributed by atoms with van der Waals surface area (Å²) in [6.45, 7) is 3.58. The molecule has 0 spiro atoms. The second-order valence-electron chi connectivity index (χ2n) is 17.6. The van der Waals surface area contributed by atoms with Gasteiger partial charge in [-0.3, -0.25) is 4.79 Å². The summed E-state index contributed by atoms with van der Waals surface area (Å²) in [6.07, 6.45) is 67.6. The van der Waals surface area contributed by atoms with Crippen molar-refractivity contribution in [3.8, 4) is 0 Å². The first-order valence-corrected chi connectivity index (χ1v) is 26.6. The molecule has 0 radical (unpaired) electrons. The smallest absolute Gasteiger partial charge is 0.220 e. The van der Waals surface area contributed by atoms with Gasteiger partial charge in [0.1, 0.15) is 24.4 Å². The predicted octanol–water partition coefficient (Wildman–Crippen LogP) is 12.7. The molecule has 0 aromatic carbocycles. The molecule has 7 unspecified atom stereocenters. The van der Waals surface area contributed by atoms with Gasteiger partial charge < -0.3 is 40.3 Å². The molecule has 1 heterocycles. The Hall–Kier alpha value is -3.93. The fourth-order valence-corrected chi connectivity index (χ4v) is 7.20.